The Labute approximate surface area is 153 Å². The summed E-state index contributed by atoms with van der Waals surface area (Å²) in [5, 5.41) is 0. The van der Waals surface area contributed by atoms with Crippen LogP contribution in [0, 0.1) is 10.8 Å². The molecule has 0 unspecified atom stereocenters. The third-order valence-corrected chi connectivity index (χ3v) is 7.80. The topological polar surface area (TPSA) is 34.1 Å². The molecule has 2 heteroatoms. The lowest BCUT2D eigenvalue weighted by atomic mass is 9.45. The Balaban J connectivity index is 1.73. The molecule has 26 heavy (non-hydrogen) atoms. The van der Waals surface area contributed by atoms with Gasteiger partial charge in [-0.3, -0.25) is 9.59 Å². The summed E-state index contributed by atoms with van der Waals surface area (Å²) in [5.74, 6) is 0.556. The van der Waals surface area contributed by atoms with Crippen LogP contribution in [0.25, 0.3) is 0 Å². The van der Waals surface area contributed by atoms with Crippen molar-refractivity contribution in [2.45, 2.75) is 39.5 Å². The van der Waals surface area contributed by atoms with Crippen molar-refractivity contribution < 1.29 is 9.59 Å². The van der Waals surface area contributed by atoms with Crippen molar-refractivity contribution in [1.82, 2.24) is 0 Å². The van der Waals surface area contributed by atoms with E-state index >= 15 is 0 Å². The minimum absolute atomic E-state index is 0.175. The van der Waals surface area contributed by atoms with E-state index in [-0.39, 0.29) is 22.4 Å². The highest BCUT2D eigenvalue weighted by molar-refractivity contribution is 6.06. The summed E-state index contributed by atoms with van der Waals surface area (Å²) in [6.07, 6.45) is 16.1. The molecular weight excluding hydrogens is 320 g/mol. The van der Waals surface area contributed by atoms with E-state index in [2.05, 4.69) is 50.3 Å². The van der Waals surface area contributed by atoms with Crippen molar-refractivity contribution in [2.24, 2.45) is 10.8 Å². The minimum Gasteiger partial charge on any atom is -0.294 e. The first kappa shape index (κ1) is 14.7. The second-order valence-electron chi connectivity index (χ2n) is 8.57. The lowest BCUT2D eigenvalue weighted by Gasteiger charge is -2.57. The maximum atomic E-state index is 12.4. The zero-order valence-corrected chi connectivity index (χ0v) is 15.1. The molecule has 128 valence electrons. The molecule has 6 aliphatic rings. The maximum absolute atomic E-state index is 12.4. The lowest BCUT2D eigenvalue weighted by molar-refractivity contribution is -0.115. The Hall–Kier alpha value is -2.48. The molecule has 0 aromatic rings. The van der Waals surface area contributed by atoms with Gasteiger partial charge in [-0.15, -0.1) is 0 Å². The summed E-state index contributed by atoms with van der Waals surface area (Å²) in [6, 6.07) is 0. The number of allylic oxidation sites excluding steroid dienone is 14. The average Bonchev–Trinajstić information content (AvgIpc) is 3.16. The molecule has 0 aromatic heterocycles. The van der Waals surface area contributed by atoms with Gasteiger partial charge in [-0.1, -0.05) is 38.2 Å². The number of Topliss-reactive ketones (excluding diaryl/α,β-unsaturated/α-hetero) is 2. The number of fused-ring (bicyclic) bond motifs is 2. The number of ketones is 2. The Morgan fingerprint density at radius 1 is 0.769 bits per heavy atom. The van der Waals surface area contributed by atoms with Crippen LogP contribution in [0.15, 0.2) is 81.0 Å². The standard InChI is InChI=1S/C24H20O2/c1-23-13-3-8-20-16-6-10-22(26)18(16)12-14(24(20,23)2)4-7-19(23)15-5-9-21(25)17(15)11-13/h3-4,7-8,11-12H,5-6,9-10H2,1-2H3/t23-,24+. The molecule has 0 aliphatic heterocycles. The van der Waals surface area contributed by atoms with Crippen LogP contribution in [0.4, 0.5) is 0 Å². The average molecular weight is 340 g/mol. The van der Waals surface area contributed by atoms with Gasteiger partial charge in [-0.05, 0) is 58.4 Å². The first-order valence-corrected chi connectivity index (χ1v) is 9.55. The molecular formula is C24H20O2. The Morgan fingerprint density at radius 2 is 1.54 bits per heavy atom. The van der Waals surface area contributed by atoms with Crippen molar-refractivity contribution in [1.29, 1.82) is 0 Å². The van der Waals surface area contributed by atoms with E-state index in [9.17, 15) is 9.59 Å². The first-order chi connectivity index (χ1) is 12.5. The molecule has 6 rings (SSSR count). The van der Waals surface area contributed by atoms with Crippen molar-refractivity contribution in [2.75, 3.05) is 0 Å². The zero-order chi connectivity index (χ0) is 17.8. The highest BCUT2D eigenvalue weighted by Crippen LogP contribution is 2.68. The summed E-state index contributed by atoms with van der Waals surface area (Å²) in [7, 11) is 0. The molecule has 0 heterocycles. The van der Waals surface area contributed by atoms with Gasteiger partial charge >= 0.3 is 0 Å². The van der Waals surface area contributed by atoms with Crippen molar-refractivity contribution >= 4 is 11.6 Å². The number of hydrogen-bond donors (Lipinski definition) is 0. The predicted molar refractivity (Wildman–Crippen MR) is 100 cm³/mol. The summed E-state index contributed by atoms with van der Waals surface area (Å²) in [6.45, 7) is 4.67. The Morgan fingerprint density at radius 3 is 2.38 bits per heavy atom. The fourth-order valence-corrected chi connectivity index (χ4v) is 6.19. The lowest BCUT2D eigenvalue weighted by Crippen LogP contribution is -2.48. The fourth-order valence-electron chi connectivity index (χ4n) is 6.19. The molecule has 0 N–H and O–H groups in total. The van der Waals surface area contributed by atoms with Gasteiger partial charge in [0.1, 0.15) is 0 Å². The largest absolute Gasteiger partial charge is 0.294 e. The van der Waals surface area contributed by atoms with Crippen LogP contribution >= 0.6 is 0 Å². The summed E-state index contributed by atoms with van der Waals surface area (Å²) < 4.78 is 0. The minimum atomic E-state index is -0.175. The third kappa shape index (κ3) is 1.33. The highest BCUT2D eigenvalue weighted by Gasteiger charge is 2.59. The molecule has 1 saturated carbocycles. The van der Waals surface area contributed by atoms with Crippen molar-refractivity contribution in [3.8, 4) is 0 Å². The molecule has 2 atom stereocenters. The zero-order valence-electron chi connectivity index (χ0n) is 15.1. The molecule has 0 amide bonds. The quantitative estimate of drug-likeness (QED) is 0.644. The van der Waals surface area contributed by atoms with Crippen molar-refractivity contribution in [3.05, 3.63) is 81.0 Å². The van der Waals surface area contributed by atoms with E-state index in [1.807, 2.05) is 0 Å². The van der Waals surface area contributed by atoms with Gasteiger partial charge in [0.2, 0.25) is 0 Å². The van der Waals surface area contributed by atoms with Gasteiger partial charge < -0.3 is 0 Å². The smallest absolute Gasteiger partial charge is 0.163 e. The molecule has 6 aliphatic carbocycles. The SMILES string of the molecule is C[C@]12C3=CC4=C(CCC4=O)C1=CC=C1C=C4C(=O)CCC4=C(C=C3)[C@@]12C. The predicted octanol–water partition coefficient (Wildman–Crippen LogP) is 4.63. The van der Waals surface area contributed by atoms with Crippen LogP contribution in [-0.4, -0.2) is 11.6 Å². The van der Waals surface area contributed by atoms with Gasteiger partial charge in [0.15, 0.2) is 11.6 Å². The molecule has 0 spiro atoms. The fraction of sp³-hybridized carbons (Fsp3) is 0.333. The van der Waals surface area contributed by atoms with E-state index in [1.165, 1.54) is 33.4 Å². The van der Waals surface area contributed by atoms with Crippen LogP contribution in [0.2, 0.25) is 0 Å². The van der Waals surface area contributed by atoms with Gasteiger partial charge in [-0.25, -0.2) is 0 Å². The molecule has 0 saturated heterocycles. The molecule has 2 nitrogen and oxygen atoms in total. The Bertz CT molecular complexity index is 1080. The van der Waals surface area contributed by atoms with Gasteiger partial charge in [0, 0.05) is 34.8 Å². The number of carbonyl (C=O) groups is 2. The molecule has 0 radical (unpaired) electrons. The van der Waals surface area contributed by atoms with Crippen LogP contribution in [-0.2, 0) is 9.59 Å². The number of carbonyl (C=O) groups excluding carboxylic acids is 2. The molecule has 0 bridgehead atoms. The van der Waals surface area contributed by atoms with E-state index in [1.54, 1.807) is 0 Å². The summed E-state index contributed by atoms with van der Waals surface area (Å²) >= 11 is 0. The number of hydrogen-bond acceptors (Lipinski definition) is 2. The van der Waals surface area contributed by atoms with Crippen LogP contribution in [0.5, 0.6) is 0 Å². The van der Waals surface area contributed by atoms with Crippen LogP contribution in [0.1, 0.15) is 39.5 Å². The maximum Gasteiger partial charge on any atom is 0.163 e. The summed E-state index contributed by atoms with van der Waals surface area (Å²) in [4.78, 5) is 24.8. The van der Waals surface area contributed by atoms with E-state index < -0.39 is 0 Å². The Kier molecular flexibility index (Phi) is 2.40. The first-order valence-electron chi connectivity index (χ1n) is 9.55. The van der Waals surface area contributed by atoms with Gasteiger partial charge in [0.05, 0.1) is 0 Å². The van der Waals surface area contributed by atoms with E-state index in [4.69, 9.17) is 0 Å². The summed E-state index contributed by atoms with van der Waals surface area (Å²) in [5.41, 5.74) is 9.07. The highest BCUT2D eigenvalue weighted by atomic mass is 16.1. The van der Waals surface area contributed by atoms with E-state index in [0.29, 0.717) is 12.8 Å². The monoisotopic (exact) mass is 340 g/mol. The second-order valence-corrected chi connectivity index (χ2v) is 8.57. The van der Waals surface area contributed by atoms with Gasteiger partial charge in [0.25, 0.3) is 0 Å². The van der Waals surface area contributed by atoms with Crippen molar-refractivity contribution in [3.63, 3.8) is 0 Å². The number of rotatable bonds is 0. The third-order valence-electron chi connectivity index (χ3n) is 7.80. The normalized spacial score (nSPS) is 36.4. The van der Waals surface area contributed by atoms with Gasteiger partial charge in [-0.2, -0.15) is 0 Å². The molecule has 1 fully saturated rings. The van der Waals surface area contributed by atoms with E-state index in [0.717, 1.165) is 24.0 Å². The molecule has 0 aromatic carbocycles. The van der Waals surface area contributed by atoms with Crippen LogP contribution in [0.3, 0.4) is 0 Å². The second kappa shape index (κ2) is 4.25. The van der Waals surface area contributed by atoms with Crippen LogP contribution < -0.4 is 0 Å².